The van der Waals surface area contributed by atoms with Crippen molar-refractivity contribution in [2.24, 2.45) is 5.41 Å². The molecule has 13 heteroatoms. The van der Waals surface area contributed by atoms with Gasteiger partial charge in [0, 0.05) is 16.8 Å². The molecule has 1 unspecified atom stereocenters. The Hall–Kier alpha value is -4.26. The van der Waals surface area contributed by atoms with Gasteiger partial charge in [0.1, 0.15) is 34.8 Å². The molecule has 5 rings (SSSR count). The third-order valence-corrected chi connectivity index (χ3v) is 9.95. The number of ether oxygens (including phenoxy) is 2. The van der Waals surface area contributed by atoms with Gasteiger partial charge < -0.3 is 19.9 Å². The molecule has 1 amide bonds. The van der Waals surface area contributed by atoms with E-state index in [-0.39, 0.29) is 46.0 Å². The Morgan fingerprint density at radius 1 is 1.09 bits per heavy atom. The number of hydrogen-bond donors (Lipinski definition) is 2. The molecule has 0 aromatic heterocycles. The molecular formula is C31H30F4N2O6S. The summed E-state index contributed by atoms with van der Waals surface area (Å²) in [6.45, 7) is 3.44. The lowest BCUT2D eigenvalue weighted by Gasteiger charge is -2.37. The number of halogens is 4. The van der Waals surface area contributed by atoms with Crippen molar-refractivity contribution in [3.8, 4) is 17.2 Å². The minimum atomic E-state index is -4.87. The van der Waals surface area contributed by atoms with E-state index in [4.69, 9.17) is 9.47 Å². The number of phenolic OH excluding ortho intramolecular Hbond substituents is 1. The van der Waals surface area contributed by atoms with Crippen LogP contribution >= 0.6 is 0 Å². The monoisotopic (exact) mass is 634 g/mol. The molecule has 2 N–H and O–H groups in total. The molecule has 44 heavy (non-hydrogen) atoms. The van der Waals surface area contributed by atoms with Gasteiger partial charge in [0.05, 0.1) is 42.5 Å². The Morgan fingerprint density at radius 3 is 2.45 bits per heavy atom. The minimum absolute atomic E-state index is 0.00330. The number of nitrogens with zero attached hydrogens (tertiary/aromatic N) is 1. The first-order valence-corrected chi connectivity index (χ1v) is 15.2. The normalized spacial score (nSPS) is 18.9. The number of fused-ring (bicyclic) bond motifs is 1. The quantitative estimate of drug-likeness (QED) is 0.248. The van der Waals surface area contributed by atoms with Gasteiger partial charge in [-0.25, -0.2) is 12.8 Å². The topological polar surface area (TPSA) is 105 Å². The van der Waals surface area contributed by atoms with Crippen LogP contribution in [0.2, 0.25) is 0 Å². The molecule has 0 spiro atoms. The minimum Gasteiger partial charge on any atom is -0.506 e. The lowest BCUT2D eigenvalue weighted by molar-refractivity contribution is -0.137. The zero-order chi connectivity index (χ0) is 32.2. The van der Waals surface area contributed by atoms with E-state index in [2.05, 4.69) is 5.32 Å². The van der Waals surface area contributed by atoms with E-state index in [0.29, 0.717) is 23.1 Å². The number of para-hydroxylation sites is 1. The number of rotatable bonds is 5. The first-order chi connectivity index (χ1) is 20.6. The predicted molar refractivity (Wildman–Crippen MR) is 156 cm³/mol. The van der Waals surface area contributed by atoms with Crippen LogP contribution in [-0.4, -0.2) is 39.4 Å². The first-order valence-electron chi connectivity index (χ1n) is 13.5. The summed E-state index contributed by atoms with van der Waals surface area (Å²) < 4.78 is 95.1. The molecule has 8 nitrogen and oxygen atoms in total. The van der Waals surface area contributed by atoms with E-state index in [0.717, 1.165) is 11.0 Å². The number of carbonyl (C=O) groups is 1. The van der Waals surface area contributed by atoms with E-state index in [1.807, 2.05) is 0 Å². The Balaban J connectivity index is 1.81. The zero-order valence-corrected chi connectivity index (χ0v) is 25.1. The Kier molecular flexibility index (Phi) is 7.81. The average molecular weight is 635 g/mol. The van der Waals surface area contributed by atoms with Crippen LogP contribution in [-0.2, 0) is 27.2 Å². The highest BCUT2D eigenvalue weighted by molar-refractivity contribution is 7.95. The number of aromatic hydroxyl groups is 1. The lowest BCUT2D eigenvalue weighted by atomic mass is 9.88. The van der Waals surface area contributed by atoms with Gasteiger partial charge in [0.15, 0.2) is 9.84 Å². The maximum Gasteiger partial charge on any atom is 0.416 e. The Morgan fingerprint density at radius 2 is 1.82 bits per heavy atom. The summed E-state index contributed by atoms with van der Waals surface area (Å²) in [6.07, 6.45) is -5.14. The van der Waals surface area contributed by atoms with Crippen molar-refractivity contribution in [1.29, 1.82) is 0 Å². The first kappa shape index (κ1) is 31.2. The molecule has 0 radical (unpaired) electrons. The third kappa shape index (κ3) is 5.68. The predicted octanol–water partition coefficient (Wildman–Crippen LogP) is 6.37. The van der Waals surface area contributed by atoms with Crippen LogP contribution in [0.15, 0.2) is 65.2 Å². The third-order valence-electron chi connectivity index (χ3n) is 7.65. The van der Waals surface area contributed by atoms with Gasteiger partial charge >= 0.3 is 6.18 Å². The number of carbonyl (C=O) groups excluding carboxylic acids is 1. The second kappa shape index (κ2) is 11.0. The van der Waals surface area contributed by atoms with Crippen molar-refractivity contribution in [2.45, 2.75) is 38.9 Å². The van der Waals surface area contributed by atoms with Gasteiger partial charge in [-0.2, -0.15) is 13.2 Å². The zero-order valence-electron chi connectivity index (χ0n) is 24.3. The van der Waals surface area contributed by atoms with Gasteiger partial charge in [0.2, 0.25) is 5.91 Å². The molecule has 234 valence electrons. The van der Waals surface area contributed by atoms with Gasteiger partial charge in [-0.15, -0.1) is 0 Å². The molecule has 0 fully saturated rings. The number of nitrogens with one attached hydrogen (secondary N) is 1. The summed E-state index contributed by atoms with van der Waals surface area (Å²) in [5, 5.41) is 13.9. The summed E-state index contributed by atoms with van der Waals surface area (Å²) in [4.78, 5) is 15.1. The van der Waals surface area contributed by atoms with Crippen LogP contribution in [0.25, 0.3) is 0 Å². The molecule has 0 bridgehead atoms. The van der Waals surface area contributed by atoms with E-state index in [1.165, 1.54) is 32.4 Å². The SMILES string of the molecule is COc1ccc(OC)c(CC(=O)N2c3cccc(O)c3NC3=C(C2c2ccc(C(F)(F)F)cc2F)S(=O)(=O)CC(C)(C)C3)c1. The van der Waals surface area contributed by atoms with Crippen molar-refractivity contribution in [1.82, 2.24) is 0 Å². The van der Waals surface area contributed by atoms with Gasteiger partial charge in [-0.3, -0.25) is 9.69 Å². The molecule has 1 atom stereocenters. The molecule has 2 aliphatic heterocycles. The molecule has 3 aromatic rings. The van der Waals surface area contributed by atoms with Crippen molar-refractivity contribution in [2.75, 3.05) is 30.2 Å². The van der Waals surface area contributed by atoms with Crippen LogP contribution in [0.3, 0.4) is 0 Å². The molecule has 0 saturated carbocycles. The van der Waals surface area contributed by atoms with E-state index in [1.54, 1.807) is 32.0 Å². The molecular weight excluding hydrogens is 604 g/mol. The van der Waals surface area contributed by atoms with Gasteiger partial charge in [0.25, 0.3) is 0 Å². The maximum atomic E-state index is 15.8. The smallest absolute Gasteiger partial charge is 0.416 e. The molecule has 0 aliphatic carbocycles. The summed E-state index contributed by atoms with van der Waals surface area (Å²) in [7, 11) is -1.43. The number of anilines is 2. The highest BCUT2D eigenvalue weighted by Gasteiger charge is 2.48. The van der Waals surface area contributed by atoms with E-state index in [9.17, 15) is 31.5 Å². The molecule has 3 aromatic carbocycles. The average Bonchev–Trinajstić information content (AvgIpc) is 3.07. The highest BCUT2D eigenvalue weighted by atomic mass is 32.2. The van der Waals surface area contributed by atoms with E-state index >= 15 is 4.39 Å². The van der Waals surface area contributed by atoms with E-state index < -0.39 is 56.7 Å². The number of hydrogen-bond acceptors (Lipinski definition) is 7. The van der Waals surface area contributed by atoms with Crippen LogP contribution in [0, 0.1) is 11.2 Å². The number of alkyl halides is 3. The summed E-state index contributed by atoms with van der Waals surface area (Å²) >= 11 is 0. The lowest BCUT2D eigenvalue weighted by Crippen LogP contribution is -2.42. The van der Waals surface area contributed by atoms with Crippen molar-refractivity contribution < 1.29 is 45.4 Å². The summed E-state index contributed by atoms with van der Waals surface area (Å²) in [5.74, 6) is -2.07. The Bertz CT molecular complexity index is 1790. The summed E-state index contributed by atoms with van der Waals surface area (Å²) in [6, 6.07) is 9.00. The number of allylic oxidation sites excluding steroid dienone is 1. The van der Waals surface area contributed by atoms with Crippen LogP contribution in [0.4, 0.5) is 28.9 Å². The van der Waals surface area contributed by atoms with Crippen molar-refractivity contribution in [3.05, 3.63) is 87.7 Å². The molecule has 2 aliphatic rings. The standard InChI is InChI=1S/C31H30F4N2O6S/c1-30(2)15-22-29(44(40,41)16-30)28(20-10-8-18(14-21(20)32)31(33,34)35)37(23-6-5-7-24(38)27(23)36-22)26(39)13-17-12-19(42-3)9-11-25(17)43-4/h5-12,14,28,36,38H,13,15-16H2,1-4H3. The van der Waals surface area contributed by atoms with Crippen LogP contribution < -0.4 is 19.7 Å². The van der Waals surface area contributed by atoms with Crippen molar-refractivity contribution >= 4 is 27.1 Å². The van der Waals surface area contributed by atoms with Crippen LogP contribution in [0.5, 0.6) is 17.2 Å². The number of sulfone groups is 1. The fraction of sp³-hybridized carbons (Fsp3) is 0.323. The maximum absolute atomic E-state index is 15.8. The fourth-order valence-electron chi connectivity index (χ4n) is 5.85. The second-order valence-corrected chi connectivity index (χ2v) is 13.5. The Labute approximate surface area is 251 Å². The summed E-state index contributed by atoms with van der Waals surface area (Å²) in [5.41, 5.74) is -2.09. The van der Waals surface area contributed by atoms with Crippen molar-refractivity contribution in [3.63, 3.8) is 0 Å². The second-order valence-electron chi connectivity index (χ2n) is 11.5. The number of benzene rings is 3. The number of methoxy groups -OCH3 is 2. The van der Waals surface area contributed by atoms with Crippen LogP contribution in [0.1, 0.15) is 43.0 Å². The molecule has 2 heterocycles. The molecule has 0 saturated heterocycles. The highest BCUT2D eigenvalue weighted by Crippen LogP contribution is 2.52. The largest absolute Gasteiger partial charge is 0.506 e. The fourth-order valence-corrected chi connectivity index (χ4v) is 8.21. The van der Waals surface area contributed by atoms with Gasteiger partial charge in [-0.1, -0.05) is 26.0 Å². The number of amides is 1. The number of phenols is 1. The van der Waals surface area contributed by atoms with Gasteiger partial charge in [-0.05, 0) is 54.3 Å².